The second kappa shape index (κ2) is 7.60. The van der Waals surface area contributed by atoms with Crippen LogP contribution in [0.2, 0.25) is 0 Å². The first-order valence-corrected chi connectivity index (χ1v) is 9.12. The highest BCUT2D eigenvalue weighted by atomic mass is 35.5. The van der Waals surface area contributed by atoms with Gasteiger partial charge in [0, 0.05) is 30.0 Å². The van der Waals surface area contributed by atoms with Gasteiger partial charge in [0.15, 0.2) is 0 Å². The summed E-state index contributed by atoms with van der Waals surface area (Å²) in [4.78, 5) is 6.46. The minimum absolute atomic E-state index is 0.216. The van der Waals surface area contributed by atoms with E-state index >= 15 is 0 Å². The van der Waals surface area contributed by atoms with E-state index in [4.69, 9.17) is 16.3 Å². The van der Waals surface area contributed by atoms with Crippen molar-refractivity contribution in [1.82, 2.24) is 4.98 Å². The molecule has 24 heavy (non-hydrogen) atoms. The molecule has 2 unspecified atom stereocenters. The Kier molecular flexibility index (Phi) is 5.97. The Bertz CT molecular complexity index is 649. The van der Waals surface area contributed by atoms with E-state index in [1.54, 1.807) is 0 Å². The maximum absolute atomic E-state index is 6.66. The highest BCUT2D eigenvalue weighted by Gasteiger charge is 2.35. The molecule has 0 aliphatic heterocycles. The van der Waals surface area contributed by atoms with E-state index in [9.17, 15) is 0 Å². The molecule has 3 nitrogen and oxygen atoms in total. The zero-order valence-corrected chi connectivity index (χ0v) is 16.4. The highest BCUT2D eigenvalue weighted by molar-refractivity contribution is 6.25. The molecule has 0 bridgehead atoms. The standard InChI is InChI=1S/C20H29ClN2O/c1-7-12-23(8-2)17-13-15(4)22-19(16(17)5)24-18-14(3)10-9-11-20(18,6)21/h9-11,13,18H,7-8,12H2,1-6H3. The summed E-state index contributed by atoms with van der Waals surface area (Å²) in [5, 5.41) is 0. The fourth-order valence-corrected chi connectivity index (χ4v) is 3.47. The number of ether oxygens (including phenoxy) is 1. The molecular weight excluding hydrogens is 320 g/mol. The third-order valence-electron chi connectivity index (χ3n) is 4.48. The maximum Gasteiger partial charge on any atom is 0.219 e. The molecule has 1 heterocycles. The van der Waals surface area contributed by atoms with Crippen LogP contribution in [0.5, 0.6) is 5.88 Å². The summed E-state index contributed by atoms with van der Waals surface area (Å²) in [5.41, 5.74) is 4.35. The molecular formula is C20H29ClN2O. The van der Waals surface area contributed by atoms with Crippen LogP contribution in [-0.2, 0) is 0 Å². The molecule has 4 heteroatoms. The quantitative estimate of drug-likeness (QED) is 0.661. The van der Waals surface area contributed by atoms with E-state index in [-0.39, 0.29) is 6.10 Å². The third-order valence-corrected chi connectivity index (χ3v) is 4.81. The first-order valence-electron chi connectivity index (χ1n) is 8.75. The van der Waals surface area contributed by atoms with Gasteiger partial charge in [0.25, 0.3) is 0 Å². The number of allylic oxidation sites excluding steroid dienone is 2. The molecule has 2 rings (SSSR count). The molecule has 0 fully saturated rings. The Morgan fingerprint density at radius 3 is 2.58 bits per heavy atom. The molecule has 1 aliphatic carbocycles. The second-order valence-corrected chi connectivity index (χ2v) is 7.53. The SMILES string of the molecule is CCCN(CC)c1cc(C)nc(OC2C(C)=CC=CC2(C)Cl)c1C. The number of alkyl halides is 1. The van der Waals surface area contributed by atoms with E-state index in [1.165, 1.54) is 5.69 Å². The van der Waals surface area contributed by atoms with Crippen molar-refractivity contribution >= 4 is 17.3 Å². The molecule has 2 atom stereocenters. The van der Waals surface area contributed by atoms with Crippen LogP contribution in [0.1, 0.15) is 45.4 Å². The van der Waals surface area contributed by atoms with Gasteiger partial charge >= 0.3 is 0 Å². The van der Waals surface area contributed by atoms with Crippen molar-refractivity contribution in [2.45, 2.75) is 58.9 Å². The first kappa shape index (κ1) is 18.9. The van der Waals surface area contributed by atoms with Gasteiger partial charge in [0.1, 0.15) is 11.0 Å². The van der Waals surface area contributed by atoms with Crippen LogP contribution in [0.3, 0.4) is 0 Å². The molecule has 0 saturated heterocycles. The lowest BCUT2D eigenvalue weighted by Gasteiger charge is -2.33. The molecule has 0 amide bonds. The highest BCUT2D eigenvalue weighted by Crippen LogP contribution is 2.35. The third kappa shape index (κ3) is 3.94. The predicted molar refractivity (Wildman–Crippen MR) is 103 cm³/mol. The fraction of sp³-hybridized carbons (Fsp3) is 0.550. The van der Waals surface area contributed by atoms with Gasteiger partial charge in [-0.25, -0.2) is 4.98 Å². The van der Waals surface area contributed by atoms with Crippen molar-refractivity contribution in [3.63, 3.8) is 0 Å². The Morgan fingerprint density at radius 2 is 2.00 bits per heavy atom. The molecule has 1 aliphatic rings. The van der Waals surface area contributed by atoms with Crippen molar-refractivity contribution in [1.29, 1.82) is 0 Å². The van der Waals surface area contributed by atoms with Crippen molar-refractivity contribution < 1.29 is 4.74 Å². The van der Waals surface area contributed by atoms with Crippen LogP contribution in [0.4, 0.5) is 5.69 Å². The van der Waals surface area contributed by atoms with E-state index < -0.39 is 4.87 Å². The van der Waals surface area contributed by atoms with E-state index in [0.717, 1.165) is 36.3 Å². The molecule has 0 spiro atoms. The van der Waals surface area contributed by atoms with E-state index in [2.05, 4.69) is 49.7 Å². The summed E-state index contributed by atoms with van der Waals surface area (Å²) in [6.45, 7) is 14.5. The molecule has 132 valence electrons. The zero-order chi connectivity index (χ0) is 17.9. The zero-order valence-electron chi connectivity index (χ0n) is 15.7. The molecule has 0 N–H and O–H groups in total. The summed E-state index contributed by atoms with van der Waals surface area (Å²) >= 11 is 6.66. The van der Waals surface area contributed by atoms with Crippen LogP contribution in [-0.4, -0.2) is 29.1 Å². The minimum Gasteiger partial charge on any atom is -0.467 e. The van der Waals surface area contributed by atoms with Gasteiger partial charge in [0.2, 0.25) is 5.88 Å². The Morgan fingerprint density at radius 1 is 1.29 bits per heavy atom. The summed E-state index contributed by atoms with van der Waals surface area (Å²) in [5.74, 6) is 0.680. The topological polar surface area (TPSA) is 25.4 Å². The van der Waals surface area contributed by atoms with Crippen molar-refractivity contribution in [2.75, 3.05) is 18.0 Å². The maximum atomic E-state index is 6.66. The number of nitrogens with zero attached hydrogens (tertiary/aromatic N) is 2. The monoisotopic (exact) mass is 348 g/mol. The predicted octanol–water partition coefficient (Wildman–Crippen LogP) is 5.20. The van der Waals surface area contributed by atoms with E-state index in [1.807, 2.05) is 26.0 Å². The number of aromatic nitrogens is 1. The number of rotatable bonds is 6. The van der Waals surface area contributed by atoms with E-state index in [0.29, 0.717) is 5.88 Å². The Balaban J connectivity index is 2.39. The van der Waals surface area contributed by atoms with Crippen molar-refractivity contribution in [2.24, 2.45) is 0 Å². The largest absolute Gasteiger partial charge is 0.467 e. The van der Waals surface area contributed by atoms with Crippen LogP contribution < -0.4 is 9.64 Å². The average molecular weight is 349 g/mol. The van der Waals surface area contributed by atoms with Gasteiger partial charge < -0.3 is 9.64 Å². The summed E-state index contributed by atoms with van der Waals surface area (Å²) in [6, 6.07) is 2.14. The Hall–Kier alpha value is -1.48. The van der Waals surface area contributed by atoms with Gasteiger partial charge in [-0.3, -0.25) is 0 Å². The number of pyridine rings is 1. The summed E-state index contributed by atoms with van der Waals surface area (Å²) < 4.78 is 6.32. The summed E-state index contributed by atoms with van der Waals surface area (Å²) in [6.07, 6.45) is 6.92. The van der Waals surface area contributed by atoms with Crippen LogP contribution in [0.15, 0.2) is 29.9 Å². The molecule has 0 saturated carbocycles. The van der Waals surface area contributed by atoms with Gasteiger partial charge in [-0.05, 0) is 52.7 Å². The van der Waals surface area contributed by atoms with Crippen LogP contribution in [0, 0.1) is 13.8 Å². The smallest absolute Gasteiger partial charge is 0.219 e. The molecule has 1 aromatic rings. The van der Waals surface area contributed by atoms with Crippen LogP contribution >= 0.6 is 11.6 Å². The average Bonchev–Trinajstić information content (AvgIpc) is 2.51. The van der Waals surface area contributed by atoms with Gasteiger partial charge in [-0.1, -0.05) is 25.2 Å². The number of hydrogen-bond donors (Lipinski definition) is 0. The number of anilines is 1. The Labute approximate surface area is 151 Å². The van der Waals surface area contributed by atoms with Gasteiger partial charge in [0.05, 0.1) is 0 Å². The van der Waals surface area contributed by atoms with Crippen LogP contribution in [0.25, 0.3) is 0 Å². The van der Waals surface area contributed by atoms with Gasteiger partial charge in [-0.2, -0.15) is 0 Å². The van der Waals surface area contributed by atoms with Gasteiger partial charge in [-0.15, -0.1) is 11.6 Å². The lowest BCUT2D eigenvalue weighted by atomic mass is 9.92. The minimum atomic E-state index is -0.565. The fourth-order valence-electron chi connectivity index (χ4n) is 3.18. The van der Waals surface area contributed by atoms with Crippen molar-refractivity contribution in [3.05, 3.63) is 41.1 Å². The second-order valence-electron chi connectivity index (χ2n) is 6.71. The van der Waals surface area contributed by atoms with Crippen molar-refractivity contribution in [3.8, 4) is 5.88 Å². The lowest BCUT2D eigenvalue weighted by Crippen LogP contribution is -2.39. The number of hydrogen-bond acceptors (Lipinski definition) is 3. The summed E-state index contributed by atoms with van der Waals surface area (Å²) in [7, 11) is 0. The first-order chi connectivity index (χ1) is 11.3. The molecule has 1 aromatic heterocycles. The number of aryl methyl sites for hydroxylation is 1. The molecule has 0 radical (unpaired) electrons. The lowest BCUT2D eigenvalue weighted by molar-refractivity contribution is 0.199. The number of halogens is 1. The normalized spacial score (nSPS) is 23.1. The molecule has 0 aromatic carbocycles.